The van der Waals surface area contributed by atoms with Gasteiger partial charge in [0.05, 0.1) is 0 Å². The summed E-state index contributed by atoms with van der Waals surface area (Å²) in [6.07, 6.45) is 4.71. The van der Waals surface area contributed by atoms with E-state index < -0.39 is 0 Å². The fourth-order valence-electron chi connectivity index (χ4n) is 2.37. The van der Waals surface area contributed by atoms with Crippen LogP contribution >= 0.6 is 0 Å². The summed E-state index contributed by atoms with van der Waals surface area (Å²) in [7, 11) is 0. The molecule has 0 nitrogen and oxygen atoms in total. The zero-order valence-corrected chi connectivity index (χ0v) is 16.6. The molecule has 0 heterocycles. The van der Waals surface area contributed by atoms with Crippen molar-refractivity contribution >= 4 is 0 Å². The van der Waals surface area contributed by atoms with Gasteiger partial charge in [-0.3, -0.25) is 0 Å². The maximum Gasteiger partial charge on any atom is 4.00 e. The molecule has 0 saturated carbocycles. The van der Waals surface area contributed by atoms with Crippen LogP contribution in [0.3, 0.4) is 0 Å². The molecule has 0 fully saturated rings. The summed E-state index contributed by atoms with van der Waals surface area (Å²) < 4.78 is 0. The largest absolute Gasteiger partial charge is 4.00 e. The third-order valence-corrected chi connectivity index (χ3v) is 3.54. The number of hydrogen-bond acceptors (Lipinski definition) is 0. The first-order valence-corrected chi connectivity index (χ1v) is 7.23. The van der Waals surface area contributed by atoms with Crippen molar-refractivity contribution in [1.82, 2.24) is 0 Å². The average molecular weight is 361 g/mol. The molecule has 0 unspecified atom stereocenters. The van der Waals surface area contributed by atoms with Crippen LogP contribution in [0.15, 0.2) is 36.4 Å². The van der Waals surface area contributed by atoms with Crippen molar-refractivity contribution in [2.75, 3.05) is 0 Å². The van der Waals surface area contributed by atoms with Gasteiger partial charge in [-0.25, -0.2) is 24.3 Å². The molecule has 0 aliphatic heterocycles. The summed E-state index contributed by atoms with van der Waals surface area (Å²) in [4.78, 5) is 0. The van der Waals surface area contributed by atoms with Gasteiger partial charge in [-0.15, -0.1) is 0 Å². The molecule has 2 aromatic carbocycles. The van der Waals surface area contributed by atoms with Crippen LogP contribution in [-0.2, 0) is 47.4 Å². The summed E-state index contributed by atoms with van der Waals surface area (Å²) >= 11 is 0. The molecule has 2 aromatic rings. The van der Waals surface area contributed by atoms with E-state index in [9.17, 15) is 0 Å². The minimum Gasteiger partial charge on any atom is -1.00 e. The van der Waals surface area contributed by atoms with Gasteiger partial charge in [0.15, 0.2) is 0 Å². The predicted molar refractivity (Wildman–Crippen MR) is 81.6 cm³/mol. The Morgan fingerprint density at radius 1 is 0.714 bits per heavy atom. The Hall–Kier alpha value is -0.00571. The number of hydrogen-bond donors (Lipinski definition) is 0. The Bertz CT molecular complexity index is 364. The Morgan fingerprint density at radius 3 is 1.24 bits per heavy atom. The Kier molecular flexibility index (Phi) is 18.4. The number of rotatable bonds is 4. The maximum absolute atomic E-state index is 2.21. The average Bonchev–Trinajstić information content (AvgIpc) is 3.06. The normalized spacial score (nSPS) is 8.57. The second-order valence-electron chi connectivity index (χ2n) is 4.57. The molecule has 0 aliphatic carbocycles. The molecular formula is C18H26Cl2Ti. The second kappa shape index (κ2) is 14.9. The zero-order chi connectivity index (χ0) is 13.4. The van der Waals surface area contributed by atoms with Crippen molar-refractivity contribution < 1.29 is 46.5 Å². The Labute approximate surface area is 158 Å². The molecule has 0 aromatic heterocycles. The van der Waals surface area contributed by atoms with Crippen LogP contribution < -0.4 is 24.8 Å². The van der Waals surface area contributed by atoms with Crippen molar-refractivity contribution in [2.24, 2.45) is 0 Å². The van der Waals surface area contributed by atoms with E-state index in [4.69, 9.17) is 0 Å². The molecule has 0 aliphatic rings. The molecule has 0 spiro atoms. The molecule has 2 rings (SSSR count). The minimum absolute atomic E-state index is 0. The Morgan fingerprint density at radius 2 is 1.05 bits per heavy atom. The van der Waals surface area contributed by atoms with Crippen LogP contribution in [-0.4, -0.2) is 0 Å². The molecule has 21 heavy (non-hydrogen) atoms. The van der Waals surface area contributed by atoms with Gasteiger partial charge in [0.25, 0.3) is 0 Å². The van der Waals surface area contributed by atoms with Crippen molar-refractivity contribution in [2.45, 2.75) is 53.4 Å². The van der Waals surface area contributed by atoms with Crippen LogP contribution in [0.5, 0.6) is 0 Å². The van der Waals surface area contributed by atoms with Crippen LogP contribution in [0.1, 0.15) is 49.9 Å². The van der Waals surface area contributed by atoms with E-state index in [0.29, 0.717) is 0 Å². The van der Waals surface area contributed by atoms with Gasteiger partial charge in [0.1, 0.15) is 0 Å². The number of aryl methyl sites for hydroxylation is 4. The van der Waals surface area contributed by atoms with Gasteiger partial charge in [-0.2, -0.15) is 34.4 Å². The predicted octanol–water partition coefficient (Wildman–Crippen LogP) is -0.934. The van der Waals surface area contributed by atoms with Crippen LogP contribution in [0.4, 0.5) is 0 Å². The zero-order valence-electron chi connectivity index (χ0n) is 13.5. The third kappa shape index (κ3) is 8.26. The smallest absolute Gasteiger partial charge is 1.00 e. The van der Waals surface area contributed by atoms with E-state index in [0.717, 1.165) is 0 Å². The molecule has 0 radical (unpaired) electrons. The summed E-state index contributed by atoms with van der Waals surface area (Å²) in [6, 6.07) is 13.1. The van der Waals surface area contributed by atoms with Crippen molar-refractivity contribution in [3.8, 4) is 0 Å². The molecule has 0 amide bonds. The van der Waals surface area contributed by atoms with Gasteiger partial charge in [0.2, 0.25) is 0 Å². The molecule has 0 atom stereocenters. The van der Waals surface area contributed by atoms with Crippen LogP contribution in [0, 0.1) is 0 Å². The van der Waals surface area contributed by atoms with Crippen molar-refractivity contribution in [3.05, 3.63) is 58.7 Å². The fourth-order valence-corrected chi connectivity index (χ4v) is 2.37. The van der Waals surface area contributed by atoms with E-state index in [1.165, 1.54) is 47.9 Å². The second-order valence-corrected chi connectivity index (χ2v) is 4.57. The molecule has 116 valence electrons. The summed E-state index contributed by atoms with van der Waals surface area (Å²) in [5.74, 6) is 0. The Balaban J connectivity index is -0.000000270. The van der Waals surface area contributed by atoms with Gasteiger partial charge in [-0.05, 0) is 0 Å². The van der Waals surface area contributed by atoms with Gasteiger partial charge >= 0.3 is 21.7 Å². The monoisotopic (exact) mass is 360 g/mol. The molecular weight excluding hydrogens is 335 g/mol. The van der Waals surface area contributed by atoms with Crippen LogP contribution in [0.25, 0.3) is 0 Å². The molecule has 0 N–H and O–H groups in total. The van der Waals surface area contributed by atoms with Crippen molar-refractivity contribution in [1.29, 1.82) is 0 Å². The SMILES string of the molecule is CCc1ccc[c-]1CC.CCc1ccc[c-]1CC.[Cl-].[Cl-].[Ti+4]. The first-order chi connectivity index (χ1) is 8.76. The first-order valence-electron chi connectivity index (χ1n) is 7.23. The summed E-state index contributed by atoms with van der Waals surface area (Å²) in [5.41, 5.74) is 6.05. The summed E-state index contributed by atoms with van der Waals surface area (Å²) in [6.45, 7) is 8.81. The number of halogens is 2. The van der Waals surface area contributed by atoms with E-state index in [-0.39, 0.29) is 46.5 Å². The van der Waals surface area contributed by atoms with Crippen molar-refractivity contribution in [3.63, 3.8) is 0 Å². The topological polar surface area (TPSA) is 0 Å². The first kappa shape index (κ1) is 25.9. The third-order valence-electron chi connectivity index (χ3n) is 3.54. The standard InChI is InChI=1S/2C9H13.2ClH.Ti/c2*1-3-8-6-5-7-9(8)4-2;;;/h2*5-7H,3-4H2,1-2H3;2*1H;/q2*-1;;;+4/p-2. The molecule has 0 bridgehead atoms. The fraction of sp³-hybridized carbons (Fsp3) is 0.444. The summed E-state index contributed by atoms with van der Waals surface area (Å²) in [5, 5.41) is 0. The van der Waals surface area contributed by atoms with E-state index >= 15 is 0 Å². The molecule has 0 saturated heterocycles. The maximum atomic E-state index is 2.21. The van der Waals surface area contributed by atoms with E-state index in [1.807, 2.05) is 0 Å². The van der Waals surface area contributed by atoms with Gasteiger partial charge < -0.3 is 24.8 Å². The van der Waals surface area contributed by atoms with Crippen LogP contribution in [0.2, 0.25) is 0 Å². The quantitative estimate of drug-likeness (QED) is 0.488. The minimum atomic E-state index is 0. The van der Waals surface area contributed by atoms with Gasteiger partial charge in [-0.1, -0.05) is 53.4 Å². The van der Waals surface area contributed by atoms with Gasteiger partial charge in [0, 0.05) is 0 Å². The molecule has 3 heteroatoms. The van der Waals surface area contributed by atoms with E-state index in [2.05, 4.69) is 64.1 Å². The van der Waals surface area contributed by atoms with E-state index in [1.54, 1.807) is 0 Å².